The predicted molar refractivity (Wildman–Crippen MR) is 82.3 cm³/mol. The van der Waals surface area contributed by atoms with Crippen molar-refractivity contribution in [3.63, 3.8) is 0 Å². The van der Waals surface area contributed by atoms with Crippen LogP contribution in [0.1, 0.15) is 20.0 Å². The summed E-state index contributed by atoms with van der Waals surface area (Å²) in [7, 11) is -3.29. The summed E-state index contributed by atoms with van der Waals surface area (Å²) >= 11 is 5.66. The third-order valence-corrected chi connectivity index (χ3v) is 3.31. The van der Waals surface area contributed by atoms with Crippen molar-refractivity contribution in [2.75, 3.05) is 7.04 Å². The number of methoxy groups -OCH3 is 1. The minimum absolute atomic E-state index is 0.199. The van der Waals surface area contributed by atoms with E-state index in [2.05, 4.69) is 9.47 Å². The third-order valence-electron chi connectivity index (χ3n) is 3.09. The first-order valence-corrected chi connectivity index (χ1v) is 7.17. The molecule has 0 aliphatic heterocycles. The van der Waals surface area contributed by atoms with Gasteiger partial charge in [-0.15, -0.1) is 13.2 Å². The van der Waals surface area contributed by atoms with Crippen molar-refractivity contribution in [2.24, 2.45) is 0 Å². The molecule has 0 spiro atoms. The van der Waals surface area contributed by atoms with E-state index >= 15 is 0 Å². The molecular formula is C16H10ClF5O5. The second kappa shape index (κ2) is 7.87. The molecular weight excluding hydrogens is 403 g/mol. The standard InChI is InChI=1S/C16H10ClF5O5/c1-25-14-11(3-2-10(13(14)19)27-16(20,21)22)26-6-7-4-8(17)5-9(18)12(7)15(23)24/h2-5H,6H2,1H3,(H,23,24)/i1D3. The van der Waals surface area contributed by atoms with Crippen LogP contribution in [0.4, 0.5) is 22.0 Å². The van der Waals surface area contributed by atoms with Gasteiger partial charge in [0.1, 0.15) is 18.0 Å². The summed E-state index contributed by atoms with van der Waals surface area (Å²) in [5, 5.41) is 8.91. The van der Waals surface area contributed by atoms with Gasteiger partial charge in [-0.05, 0) is 24.3 Å². The van der Waals surface area contributed by atoms with Gasteiger partial charge in [-0.3, -0.25) is 0 Å². The summed E-state index contributed by atoms with van der Waals surface area (Å²) in [5.74, 6) is -8.08. The molecule has 0 atom stereocenters. The molecule has 0 unspecified atom stereocenters. The van der Waals surface area contributed by atoms with Gasteiger partial charge in [0.05, 0.1) is 11.2 Å². The highest BCUT2D eigenvalue weighted by atomic mass is 35.5. The zero-order valence-electron chi connectivity index (χ0n) is 15.9. The lowest BCUT2D eigenvalue weighted by Crippen LogP contribution is -2.18. The van der Waals surface area contributed by atoms with E-state index in [9.17, 15) is 26.7 Å². The van der Waals surface area contributed by atoms with Gasteiger partial charge >= 0.3 is 12.3 Å². The van der Waals surface area contributed by atoms with E-state index < -0.39 is 60.4 Å². The molecule has 0 bridgehead atoms. The van der Waals surface area contributed by atoms with Gasteiger partial charge < -0.3 is 19.3 Å². The van der Waals surface area contributed by atoms with Crippen molar-refractivity contribution in [1.82, 2.24) is 0 Å². The fourth-order valence-corrected chi connectivity index (χ4v) is 2.30. The second-order valence-electron chi connectivity index (χ2n) is 4.87. The Hall–Kier alpha value is -2.75. The van der Waals surface area contributed by atoms with Crippen molar-refractivity contribution in [1.29, 1.82) is 0 Å². The molecule has 1 N–H and O–H groups in total. The van der Waals surface area contributed by atoms with Crippen molar-refractivity contribution in [3.8, 4) is 17.2 Å². The number of rotatable bonds is 6. The summed E-state index contributed by atoms with van der Waals surface area (Å²) in [4.78, 5) is 11.2. The Labute approximate surface area is 158 Å². The summed E-state index contributed by atoms with van der Waals surface area (Å²) in [5.41, 5.74) is -1.14. The average molecular weight is 416 g/mol. The fraction of sp³-hybridized carbons (Fsp3) is 0.188. The summed E-state index contributed by atoms with van der Waals surface area (Å²) < 4.78 is 99.4. The fourth-order valence-electron chi connectivity index (χ4n) is 2.07. The minimum Gasteiger partial charge on any atom is -0.490 e. The van der Waals surface area contributed by atoms with E-state index in [-0.39, 0.29) is 10.6 Å². The predicted octanol–water partition coefficient (Wildman–Crippen LogP) is 4.80. The minimum atomic E-state index is -5.28. The highest BCUT2D eigenvalue weighted by Gasteiger charge is 2.33. The van der Waals surface area contributed by atoms with Crippen molar-refractivity contribution in [2.45, 2.75) is 13.0 Å². The van der Waals surface area contributed by atoms with Crippen LogP contribution in [-0.2, 0) is 6.61 Å². The molecule has 0 radical (unpaired) electrons. The molecule has 0 saturated heterocycles. The molecule has 146 valence electrons. The number of benzene rings is 2. The molecule has 0 aliphatic carbocycles. The van der Waals surface area contributed by atoms with Gasteiger partial charge in [0.25, 0.3) is 0 Å². The zero-order chi connectivity index (χ0) is 22.9. The Kier molecular flexibility index (Phi) is 4.79. The normalized spacial score (nSPS) is 13.3. The van der Waals surface area contributed by atoms with Gasteiger partial charge in [0.15, 0.2) is 11.5 Å². The molecule has 2 aromatic carbocycles. The third kappa shape index (κ3) is 4.91. The molecule has 0 aromatic heterocycles. The maximum Gasteiger partial charge on any atom is 0.573 e. The van der Waals surface area contributed by atoms with Crippen LogP contribution in [0.3, 0.4) is 0 Å². The SMILES string of the molecule is [2H]C([2H])([2H])Oc1c(OCc2cc(Cl)cc(F)c2C(=O)O)ccc(OC(F)(F)F)c1F. The molecule has 5 nitrogen and oxygen atoms in total. The van der Waals surface area contributed by atoms with Crippen molar-refractivity contribution >= 4 is 17.6 Å². The quantitative estimate of drug-likeness (QED) is 0.686. The van der Waals surface area contributed by atoms with Crippen LogP contribution in [0.2, 0.25) is 5.02 Å². The Morgan fingerprint density at radius 1 is 1.26 bits per heavy atom. The first kappa shape index (κ1) is 16.4. The second-order valence-corrected chi connectivity index (χ2v) is 5.31. The Morgan fingerprint density at radius 3 is 2.52 bits per heavy atom. The highest BCUT2D eigenvalue weighted by molar-refractivity contribution is 6.30. The average Bonchev–Trinajstić information content (AvgIpc) is 2.54. The number of ether oxygens (including phenoxy) is 3. The van der Waals surface area contributed by atoms with Gasteiger partial charge in [0.2, 0.25) is 11.6 Å². The maximum atomic E-state index is 14.4. The Balaban J connectivity index is 2.45. The lowest BCUT2D eigenvalue weighted by Gasteiger charge is -2.16. The summed E-state index contributed by atoms with van der Waals surface area (Å²) in [6.07, 6.45) is -5.28. The molecule has 11 heteroatoms. The van der Waals surface area contributed by atoms with Crippen LogP contribution in [0.15, 0.2) is 24.3 Å². The lowest BCUT2D eigenvalue weighted by atomic mass is 10.1. The number of alkyl halides is 3. The van der Waals surface area contributed by atoms with Crippen LogP contribution in [-0.4, -0.2) is 24.5 Å². The molecule has 0 saturated carbocycles. The number of carboxylic acids is 1. The van der Waals surface area contributed by atoms with Crippen LogP contribution in [0, 0.1) is 11.6 Å². The van der Waals surface area contributed by atoms with Crippen LogP contribution in [0.25, 0.3) is 0 Å². The number of aromatic carboxylic acids is 1. The Morgan fingerprint density at radius 2 is 1.93 bits per heavy atom. The van der Waals surface area contributed by atoms with E-state index in [0.29, 0.717) is 12.1 Å². The molecule has 2 rings (SSSR count). The topological polar surface area (TPSA) is 65.0 Å². The van der Waals surface area contributed by atoms with Crippen LogP contribution >= 0.6 is 11.6 Å². The molecule has 0 amide bonds. The largest absolute Gasteiger partial charge is 0.573 e. The molecule has 0 heterocycles. The van der Waals surface area contributed by atoms with Gasteiger partial charge in [-0.1, -0.05) is 11.6 Å². The first-order chi connectivity index (χ1) is 13.7. The van der Waals surface area contributed by atoms with Gasteiger partial charge in [-0.25, -0.2) is 9.18 Å². The molecule has 27 heavy (non-hydrogen) atoms. The van der Waals surface area contributed by atoms with E-state index in [1.54, 1.807) is 0 Å². The van der Waals surface area contributed by atoms with Crippen LogP contribution < -0.4 is 14.2 Å². The smallest absolute Gasteiger partial charge is 0.490 e. The molecule has 2 aromatic rings. The first-order valence-electron chi connectivity index (χ1n) is 8.29. The lowest BCUT2D eigenvalue weighted by molar-refractivity contribution is -0.275. The highest BCUT2D eigenvalue weighted by Crippen LogP contribution is 2.38. The van der Waals surface area contributed by atoms with Crippen molar-refractivity contribution < 1.29 is 50.2 Å². The number of hydrogen-bond acceptors (Lipinski definition) is 4. The van der Waals surface area contributed by atoms with E-state index in [1.807, 2.05) is 0 Å². The molecule has 0 fully saturated rings. The van der Waals surface area contributed by atoms with E-state index in [1.165, 1.54) is 0 Å². The van der Waals surface area contributed by atoms with Gasteiger partial charge in [0, 0.05) is 10.6 Å². The number of hydrogen-bond donors (Lipinski definition) is 1. The Bertz CT molecular complexity index is 966. The monoisotopic (exact) mass is 415 g/mol. The van der Waals surface area contributed by atoms with Crippen molar-refractivity contribution in [3.05, 3.63) is 52.0 Å². The van der Waals surface area contributed by atoms with Gasteiger partial charge in [-0.2, -0.15) is 4.39 Å². The van der Waals surface area contributed by atoms with E-state index in [4.69, 9.17) is 25.6 Å². The summed E-state index contributed by atoms with van der Waals surface area (Å²) in [6, 6.07) is 2.93. The van der Waals surface area contributed by atoms with E-state index in [0.717, 1.165) is 12.1 Å². The maximum absolute atomic E-state index is 14.4. The summed E-state index contributed by atoms with van der Waals surface area (Å²) in [6.45, 7) is -0.768. The number of carboxylic acid groups (broad SMARTS) is 1. The van der Waals surface area contributed by atoms with Crippen LogP contribution in [0.5, 0.6) is 17.2 Å². The zero-order valence-corrected chi connectivity index (χ0v) is 13.6. The number of carbonyl (C=O) groups is 1. The molecule has 0 aliphatic rings. The number of halogens is 6.